The largest absolute Gasteiger partial charge is 0.445 e. The zero-order chi connectivity index (χ0) is 18.4. The van der Waals surface area contributed by atoms with Gasteiger partial charge in [-0.2, -0.15) is 0 Å². The SMILES string of the molecule is O=C(Cc1ccc(Cl)cc1)N1CCN(C(=O)OCc2ccccc2)CC1. The first kappa shape index (κ1) is 18.3. The van der Waals surface area contributed by atoms with E-state index in [9.17, 15) is 9.59 Å². The van der Waals surface area contributed by atoms with Crippen LogP contribution in [0.5, 0.6) is 0 Å². The van der Waals surface area contributed by atoms with Crippen LogP contribution in [0.2, 0.25) is 5.02 Å². The van der Waals surface area contributed by atoms with Crippen molar-refractivity contribution < 1.29 is 14.3 Å². The molecule has 2 aromatic rings. The zero-order valence-electron chi connectivity index (χ0n) is 14.4. The number of rotatable bonds is 4. The highest BCUT2D eigenvalue weighted by atomic mass is 35.5. The van der Waals surface area contributed by atoms with Crippen LogP contribution < -0.4 is 0 Å². The average molecular weight is 373 g/mol. The fourth-order valence-electron chi connectivity index (χ4n) is 2.84. The summed E-state index contributed by atoms with van der Waals surface area (Å²) in [5, 5.41) is 0.656. The van der Waals surface area contributed by atoms with E-state index in [1.807, 2.05) is 42.5 Å². The van der Waals surface area contributed by atoms with Gasteiger partial charge >= 0.3 is 6.09 Å². The van der Waals surface area contributed by atoms with Crippen LogP contribution in [-0.2, 0) is 22.6 Å². The molecule has 136 valence electrons. The van der Waals surface area contributed by atoms with E-state index in [0.717, 1.165) is 11.1 Å². The van der Waals surface area contributed by atoms with Gasteiger partial charge in [0.15, 0.2) is 0 Å². The van der Waals surface area contributed by atoms with E-state index in [1.54, 1.807) is 21.9 Å². The third-order valence-electron chi connectivity index (χ3n) is 4.36. The van der Waals surface area contributed by atoms with E-state index < -0.39 is 0 Å². The van der Waals surface area contributed by atoms with Gasteiger partial charge in [-0.1, -0.05) is 54.1 Å². The number of carbonyl (C=O) groups excluding carboxylic acids is 2. The minimum atomic E-state index is -0.335. The zero-order valence-corrected chi connectivity index (χ0v) is 15.2. The van der Waals surface area contributed by atoms with E-state index in [4.69, 9.17) is 16.3 Å². The van der Waals surface area contributed by atoms with Crippen LogP contribution in [0.15, 0.2) is 54.6 Å². The molecule has 0 aromatic heterocycles. The summed E-state index contributed by atoms with van der Waals surface area (Å²) in [6, 6.07) is 16.9. The molecule has 0 saturated carbocycles. The van der Waals surface area contributed by atoms with Gasteiger partial charge in [0.25, 0.3) is 0 Å². The van der Waals surface area contributed by atoms with Gasteiger partial charge in [-0.15, -0.1) is 0 Å². The molecule has 0 atom stereocenters. The molecule has 1 saturated heterocycles. The minimum Gasteiger partial charge on any atom is -0.445 e. The van der Waals surface area contributed by atoms with Gasteiger partial charge < -0.3 is 14.5 Å². The van der Waals surface area contributed by atoms with E-state index in [-0.39, 0.29) is 18.6 Å². The molecule has 2 amide bonds. The number of hydrogen-bond donors (Lipinski definition) is 0. The standard InChI is InChI=1S/C20H21ClN2O3/c21-18-8-6-16(7-9-18)14-19(24)22-10-12-23(13-11-22)20(25)26-15-17-4-2-1-3-5-17/h1-9H,10-15H2. The molecular weight excluding hydrogens is 352 g/mol. The number of carbonyl (C=O) groups is 2. The Morgan fingerprint density at radius 1 is 0.846 bits per heavy atom. The summed E-state index contributed by atoms with van der Waals surface area (Å²) in [5.74, 6) is 0.0598. The lowest BCUT2D eigenvalue weighted by atomic mass is 10.1. The van der Waals surface area contributed by atoms with Crippen LogP contribution in [0, 0.1) is 0 Å². The molecule has 1 fully saturated rings. The van der Waals surface area contributed by atoms with Crippen molar-refractivity contribution in [1.82, 2.24) is 9.80 Å². The first-order valence-corrected chi connectivity index (χ1v) is 8.97. The molecule has 1 heterocycles. The molecule has 5 nitrogen and oxygen atoms in total. The minimum absolute atomic E-state index is 0.0598. The number of amides is 2. The fourth-order valence-corrected chi connectivity index (χ4v) is 2.96. The second-order valence-electron chi connectivity index (χ2n) is 6.21. The van der Waals surface area contributed by atoms with Gasteiger partial charge in [0, 0.05) is 31.2 Å². The van der Waals surface area contributed by atoms with Crippen molar-refractivity contribution in [3.8, 4) is 0 Å². The molecule has 0 unspecified atom stereocenters. The van der Waals surface area contributed by atoms with E-state index in [2.05, 4.69) is 0 Å². The lowest BCUT2D eigenvalue weighted by Gasteiger charge is -2.34. The van der Waals surface area contributed by atoms with Crippen LogP contribution >= 0.6 is 11.6 Å². The number of benzene rings is 2. The summed E-state index contributed by atoms with van der Waals surface area (Å²) >= 11 is 5.86. The van der Waals surface area contributed by atoms with Crippen molar-refractivity contribution in [2.75, 3.05) is 26.2 Å². The highest BCUT2D eigenvalue weighted by molar-refractivity contribution is 6.30. The van der Waals surface area contributed by atoms with Gasteiger partial charge in [-0.3, -0.25) is 4.79 Å². The molecule has 6 heteroatoms. The molecule has 0 bridgehead atoms. The Morgan fingerprint density at radius 3 is 2.12 bits per heavy atom. The van der Waals surface area contributed by atoms with Crippen LogP contribution in [-0.4, -0.2) is 48.0 Å². The summed E-state index contributed by atoms with van der Waals surface area (Å²) in [6.45, 7) is 2.27. The summed E-state index contributed by atoms with van der Waals surface area (Å²) in [4.78, 5) is 28.0. The third-order valence-corrected chi connectivity index (χ3v) is 4.62. The van der Waals surface area contributed by atoms with Crippen molar-refractivity contribution in [2.24, 2.45) is 0 Å². The normalized spacial score (nSPS) is 14.2. The molecule has 0 spiro atoms. The summed E-state index contributed by atoms with van der Waals surface area (Å²) in [6.07, 6.45) is 0.00830. The number of nitrogens with zero attached hydrogens (tertiary/aromatic N) is 2. The molecule has 3 rings (SSSR count). The number of piperazine rings is 1. The monoisotopic (exact) mass is 372 g/mol. The Kier molecular flexibility index (Phi) is 6.12. The molecule has 0 N–H and O–H groups in total. The smallest absolute Gasteiger partial charge is 0.410 e. The Bertz CT molecular complexity index is 741. The number of halogens is 1. The predicted octanol–water partition coefficient (Wildman–Crippen LogP) is 3.36. The van der Waals surface area contributed by atoms with Crippen LogP contribution in [0.25, 0.3) is 0 Å². The Morgan fingerprint density at radius 2 is 1.46 bits per heavy atom. The molecule has 1 aliphatic heterocycles. The van der Waals surface area contributed by atoms with Crippen molar-refractivity contribution in [2.45, 2.75) is 13.0 Å². The van der Waals surface area contributed by atoms with Crippen LogP contribution in [0.3, 0.4) is 0 Å². The molecule has 1 aliphatic rings. The summed E-state index contributed by atoms with van der Waals surface area (Å²) in [5.41, 5.74) is 1.89. The highest BCUT2D eigenvalue weighted by Crippen LogP contribution is 2.12. The van der Waals surface area contributed by atoms with Gasteiger partial charge in [0.1, 0.15) is 6.61 Å². The molecule has 2 aromatic carbocycles. The Balaban J connectivity index is 1.43. The first-order chi connectivity index (χ1) is 12.6. The number of ether oxygens (including phenoxy) is 1. The van der Waals surface area contributed by atoms with Crippen LogP contribution in [0.4, 0.5) is 4.79 Å². The van der Waals surface area contributed by atoms with Crippen molar-refractivity contribution in [3.63, 3.8) is 0 Å². The van der Waals surface area contributed by atoms with Crippen molar-refractivity contribution in [3.05, 3.63) is 70.7 Å². The highest BCUT2D eigenvalue weighted by Gasteiger charge is 2.25. The second-order valence-corrected chi connectivity index (χ2v) is 6.65. The van der Waals surface area contributed by atoms with E-state index in [1.165, 1.54) is 0 Å². The summed E-state index contributed by atoms with van der Waals surface area (Å²) < 4.78 is 5.34. The van der Waals surface area contributed by atoms with Gasteiger partial charge in [-0.25, -0.2) is 4.79 Å². The maximum Gasteiger partial charge on any atom is 0.410 e. The predicted molar refractivity (Wildman–Crippen MR) is 99.9 cm³/mol. The molecule has 0 aliphatic carbocycles. The van der Waals surface area contributed by atoms with E-state index >= 15 is 0 Å². The maximum absolute atomic E-state index is 12.4. The average Bonchev–Trinajstić information content (AvgIpc) is 2.69. The maximum atomic E-state index is 12.4. The fraction of sp³-hybridized carbons (Fsp3) is 0.300. The van der Waals surface area contributed by atoms with Gasteiger partial charge in [-0.05, 0) is 23.3 Å². The van der Waals surface area contributed by atoms with E-state index in [0.29, 0.717) is 37.6 Å². The van der Waals surface area contributed by atoms with Crippen molar-refractivity contribution >= 4 is 23.6 Å². The first-order valence-electron chi connectivity index (χ1n) is 8.59. The Labute approximate surface area is 158 Å². The lowest BCUT2D eigenvalue weighted by Crippen LogP contribution is -2.51. The molecular formula is C20H21ClN2O3. The molecule has 0 radical (unpaired) electrons. The summed E-state index contributed by atoms with van der Waals surface area (Å²) in [7, 11) is 0. The quantitative estimate of drug-likeness (QED) is 0.826. The van der Waals surface area contributed by atoms with Crippen LogP contribution in [0.1, 0.15) is 11.1 Å². The number of hydrogen-bond acceptors (Lipinski definition) is 3. The van der Waals surface area contributed by atoms with Crippen molar-refractivity contribution in [1.29, 1.82) is 0 Å². The third kappa shape index (κ3) is 4.99. The Hall–Kier alpha value is -2.53. The van der Waals surface area contributed by atoms with Gasteiger partial charge in [0.05, 0.1) is 6.42 Å². The topological polar surface area (TPSA) is 49.9 Å². The van der Waals surface area contributed by atoms with Gasteiger partial charge in [0.2, 0.25) is 5.91 Å². The second kappa shape index (κ2) is 8.72. The lowest BCUT2D eigenvalue weighted by molar-refractivity contribution is -0.132. The molecule has 26 heavy (non-hydrogen) atoms.